The molecular formula is C14H25N4O10P. The van der Waals surface area contributed by atoms with Crippen LogP contribution in [-0.2, 0) is 23.4 Å². The molecule has 0 radical (unpaired) electrons. The highest BCUT2D eigenvalue weighted by Crippen LogP contribution is 2.39. The summed E-state index contributed by atoms with van der Waals surface area (Å²) in [6, 6.07) is -1.14. The molecule has 6 atom stereocenters. The first kappa shape index (κ1) is 25.1. The molecule has 0 bridgehead atoms. The number of carbonyl (C=O) groups is 1. The molecule has 0 aliphatic carbocycles. The summed E-state index contributed by atoms with van der Waals surface area (Å²) in [4.78, 5) is 46.5. The number of aromatic amines is 1. The fourth-order valence-corrected chi connectivity index (χ4v) is 3.58. The Balaban J connectivity index is 0.00000420. The number of rotatable bonds is 7. The summed E-state index contributed by atoms with van der Waals surface area (Å²) in [6.07, 6.45) is -4.60. The van der Waals surface area contributed by atoms with E-state index in [-0.39, 0.29) is 11.7 Å². The van der Waals surface area contributed by atoms with Crippen LogP contribution in [0.3, 0.4) is 0 Å². The summed E-state index contributed by atoms with van der Waals surface area (Å²) < 4.78 is 27.5. The van der Waals surface area contributed by atoms with Crippen molar-refractivity contribution in [2.45, 2.75) is 44.4 Å². The number of methoxy groups -OCH3 is 1. The van der Waals surface area contributed by atoms with Crippen molar-refractivity contribution < 1.29 is 38.5 Å². The molecule has 1 aromatic rings. The largest absolute Gasteiger partial charge is 0.468 e. The van der Waals surface area contributed by atoms with E-state index in [2.05, 4.69) is 4.74 Å². The Morgan fingerprint density at radius 2 is 2.03 bits per heavy atom. The molecule has 1 unspecified atom stereocenters. The molecule has 0 saturated carbocycles. The maximum atomic E-state index is 12.0. The molecule has 2 heterocycles. The van der Waals surface area contributed by atoms with Gasteiger partial charge in [0.25, 0.3) is 5.56 Å². The number of aliphatic hydroxyl groups is 2. The van der Waals surface area contributed by atoms with E-state index in [4.69, 9.17) is 9.26 Å². The fraction of sp³-hybridized carbons (Fsp3) is 0.643. The van der Waals surface area contributed by atoms with E-state index in [9.17, 15) is 34.1 Å². The molecular weight excluding hydrogens is 415 g/mol. The van der Waals surface area contributed by atoms with Crippen LogP contribution in [-0.4, -0.2) is 68.7 Å². The number of hydrogen-bond donors (Lipinski definition) is 6. The number of carbonyl (C=O) groups excluding carboxylic acids is 1. The first-order chi connectivity index (χ1) is 13.0. The van der Waals surface area contributed by atoms with Crippen LogP contribution < -0.4 is 22.5 Å². The smallest absolute Gasteiger partial charge is 0.403 e. The van der Waals surface area contributed by atoms with Gasteiger partial charge in [0, 0.05) is 11.8 Å². The Hall–Kier alpha value is -1.90. The lowest BCUT2D eigenvalue weighted by Gasteiger charge is -2.20. The zero-order valence-electron chi connectivity index (χ0n) is 16.0. The van der Waals surface area contributed by atoms with Crippen LogP contribution in [0.25, 0.3) is 0 Å². The first-order valence-electron chi connectivity index (χ1n) is 8.13. The van der Waals surface area contributed by atoms with Gasteiger partial charge in [-0.05, 0) is 13.8 Å². The number of aliphatic hydroxyl groups excluding tert-OH is 2. The Bertz CT molecular complexity index is 886. The Morgan fingerprint density at radius 3 is 2.62 bits per heavy atom. The van der Waals surface area contributed by atoms with Crippen molar-refractivity contribution in [2.75, 3.05) is 13.7 Å². The summed E-state index contributed by atoms with van der Waals surface area (Å²) in [6.45, 7) is 2.08. The number of ether oxygens (including phenoxy) is 2. The molecule has 8 N–H and O–H groups in total. The summed E-state index contributed by atoms with van der Waals surface area (Å²) in [5, 5.41) is 22.3. The highest BCUT2D eigenvalue weighted by Gasteiger charge is 2.45. The lowest BCUT2D eigenvalue weighted by atomic mass is 10.1. The summed E-state index contributed by atoms with van der Waals surface area (Å²) in [5.41, 5.74) is -1.30. The lowest BCUT2D eigenvalue weighted by molar-refractivity contribution is -0.142. The fourth-order valence-electron chi connectivity index (χ4n) is 2.56. The van der Waals surface area contributed by atoms with Crippen LogP contribution in [0.1, 0.15) is 18.7 Å². The predicted octanol–water partition coefficient (Wildman–Crippen LogP) is -2.11. The maximum Gasteiger partial charge on any atom is 0.403 e. The maximum absolute atomic E-state index is 12.0. The Kier molecular flexibility index (Phi) is 8.44. The van der Waals surface area contributed by atoms with Crippen molar-refractivity contribution >= 4 is 13.7 Å². The number of nitrogens with one attached hydrogen (secondary N) is 2. The molecule has 1 aliphatic rings. The van der Waals surface area contributed by atoms with Crippen LogP contribution in [0, 0.1) is 6.92 Å². The topological polar surface area (TPSA) is 224 Å². The van der Waals surface area contributed by atoms with E-state index in [1.807, 2.05) is 10.1 Å². The Labute approximate surface area is 164 Å². The molecule has 0 aromatic carbocycles. The quantitative estimate of drug-likeness (QED) is 0.198. The van der Waals surface area contributed by atoms with Crippen LogP contribution in [0.4, 0.5) is 0 Å². The van der Waals surface area contributed by atoms with Gasteiger partial charge in [-0.2, -0.15) is 0 Å². The second-order valence-corrected chi connectivity index (χ2v) is 7.77. The molecule has 0 amide bonds. The van der Waals surface area contributed by atoms with Gasteiger partial charge in [0.05, 0.1) is 13.7 Å². The number of H-pyrrole nitrogens is 1. The van der Waals surface area contributed by atoms with Gasteiger partial charge in [0.1, 0.15) is 24.4 Å². The van der Waals surface area contributed by atoms with E-state index in [1.54, 1.807) is 0 Å². The van der Waals surface area contributed by atoms with Crippen molar-refractivity contribution in [1.29, 1.82) is 0 Å². The number of nitrogens with zero attached hydrogens (tertiary/aromatic N) is 1. The van der Waals surface area contributed by atoms with Crippen LogP contribution in [0.15, 0.2) is 15.8 Å². The summed E-state index contributed by atoms with van der Waals surface area (Å²) in [5.74, 6) is -0.793. The zero-order chi connectivity index (χ0) is 21.2. The normalized spacial score (nSPS) is 27.0. The number of hydrogen-bond acceptors (Lipinski definition) is 10. The molecule has 1 saturated heterocycles. The third-order valence-corrected chi connectivity index (χ3v) is 5.30. The van der Waals surface area contributed by atoms with Crippen molar-refractivity contribution in [3.63, 3.8) is 0 Å². The van der Waals surface area contributed by atoms with Crippen LogP contribution in [0.2, 0.25) is 0 Å². The average Bonchev–Trinajstić information content (AvgIpc) is 2.90. The second-order valence-electron chi connectivity index (χ2n) is 6.22. The molecule has 29 heavy (non-hydrogen) atoms. The number of aryl methyl sites for hydroxylation is 1. The minimum atomic E-state index is -4.47. The number of esters is 1. The minimum Gasteiger partial charge on any atom is -0.468 e. The van der Waals surface area contributed by atoms with Gasteiger partial charge in [-0.15, -0.1) is 0 Å². The van der Waals surface area contributed by atoms with Gasteiger partial charge in [-0.3, -0.25) is 23.7 Å². The molecule has 1 aromatic heterocycles. The molecule has 166 valence electrons. The SMILES string of the molecule is COC(=O)[C@H](C)NP(=O)(O)OC[C@H]1O[C@@H](n2cc(C)c(=O)[nH]c2=O)[C@H](O)[C@@H]1O.N. The molecule has 1 fully saturated rings. The van der Waals surface area contributed by atoms with Gasteiger partial charge in [0.15, 0.2) is 6.23 Å². The lowest BCUT2D eigenvalue weighted by Crippen LogP contribution is -2.38. The molecule has 14 nitrogen and oxygen atoms in total. The standard InChI is InChI=1S/C14H22N3O10P.H3N/c1-6-4-17(14(22)15-11(6)20)12-10(19)9(18)8(27-12)5-26-28(23,24)16-7(2)13(21)25-3;/h4,7-10,12,18-19H,5H2,1-3H3,(H,15,20,22)(H2,16,23,24);1H3/t7-,8+,9+,10+,12+;/m0./s1. The van der Waals surface area contributed by atoms with Gasteiger partial charge in [-0.1, -0.05) is 0 Å². The van der Waals surface area contributed by atoms with Crippen LogP contribution >= 0.6 is 7.75 Å². The Morgan fingerprint density at radius 1 is 1.41 bits per heavy atom. The van der Waals surface area contributed by atoms with E-state index >= 15 is 0 Å². The van der Waals surface area contributed by atoms with E-state index in [0.717, 1.165) is 17.9 Å². The molecule has 1 aliphatic heterocycles. The molecule has 15 heteroatoms. The first-order valence-corrected chi connectivity index (χ1v) is 9.71. The predicted molar refractivity (Wildman–Crippen MR) is 97.4 cm³/mol. The van der Waals surface area contributed by atoms with Gasteiger partial charge < -0.3 is 30.7 Å². The van der Waals surface area contributed by atoms with Crippen molar-refractivity contribution in [2.24, 2.45) is 0 Å². The highest BCUT2D eigenvalue weighted by atomic mass is 31.2. The molecule has 0 spiro atoms. The molecule has 2 rings (SSSR count). The average molecular weight is 440 g/mol. The van der Waals surface area contributed by atoms with Crippen molar-refractivity contribution in [3.8, 4) is 0 Å². The zero-order valence-corrected chi connectivity index (χ0v) is 16.9. The summed E-state index contributed by atoms with van der Waals surface area (Å²) >= 11 is 0. The van der Waals surface area contributed by atoms with Gasteiger partial charge in [0.2, 0.25) is 0 Å². The minimum absolute atomic E-state index is 0. The number of aromatic nitrogens is 2. The monoisotopic (exact) mass is 440 g/mol. The van der Waals surface area contributed by atoms with E-state index in [0.29, 0.717) is 0 Å². The van der Waals surface area contributed by atoms with Crippen molar-refractivity contribution in [1.82, 2.24) is 20.8 Å². The third kappa shape index (κ3) is 5.81. The van der Waals surface area contributed by atoms with E-state index < -0.39 is 62.2 Å². The second kappa shape index (κ2) is 9.73. The van der Waals surface area contributed by atoms with E-state index in [1.165, 1.54) is 13.8 Å². The van der Waals surface area contributed by atoms with Crippen molar-refractivity contribution in [3.05, 3.63) is 32.6 Å². The van der Waals surface area contributed by atoms with Gasteiger partial charge >= 0.3 is 19.4 Å². The van der Waals surface area contributed by atoms with Crippen LogP contribution in [0.5, 0.6) is 0 Å². The van der Waals surface area contributed by atoms with Gasteiger partial charge in [-0.25, -0.2) is 14.4 Å². The summed E-state index contributed by atoms with van der Waals surface area (Å²) in [7, 11) is -3.36. The third-order valence-electron chi connectivity index (χ3n) is 4.08. The highest BCUT2D eigenvalue weighted by molar-refractivity contribution is 7.50.